The van der Waals surface area contributed by atoms with Crippen molar-refractivity contribution in [3.05, 3.63) is 149 Å². The lowest BCUT2D eigenvalue weighted by molar-refractivity contribution is -0.124. The molecule has 0 saturated carbocycles. The Balaban J connectivity index is 1.51. The number of phenolic OH excluding ortho intramolecular Hbond substituents is 2. The number of nitrogens with zero attached hydrogens (tertiary/aromatic N) is 1. The normalized spacial score (nSPS) is 18.4. The maximum absolute atomic E-state index is 14.8. The van der Waals surface area contributed by atoms with Gasteiger partial charge in [0, 0.05) is 10.7 Å². The van der Waals surface area contributed by atoms with Gasteiger partial charge in [0.25, 0.3) is 0 Å². The number of nitrogens with one attached hydrogen (secondary N) is 1. The number of anilines is 1. The fourth-order valence-electron chi connectivity index (χ4n) is 5.82. The third kappa shape index (κ3) is 5.49. The third-order valence-electron chi connectivity index (χ3n) is 7.92. The summed E-state index contributed by atoms with van der Waals surface area (Å²) in [5, 5.41) is 24.2. The molecule has 5 nitrogen and oxygen atoms in total. The van der Waals surface area contributed by atoms with Gasteiger partial charge in [0.15, 0.2) is 0 Å². The summed E-state index contributed by atoms with van der Waals surface area (Å²) in [6, 6.07) is 37.6. The second-order valence-electron chi connectivity index (χ2n) is 11.0. The number of carbonyl (C=O) groups is 1. The van der Waals surface area contributed by atoms with Crippen molar-refractivity contribution in [2.75, 3.05) is 4.90 Å². The molecule has 0 saturated heterocycles. The van der Waals surface area contributed by atoms with E-state index < -0.39 is 5.54 Å². The molecular weight excluding hydrogens is 544 g/mol. The summed E-state index contributed by atoms with van der Waals surface area (Å²) in [6.07, 6.45) is 0.430. The Bertz CT molecular complexity index is 1720. The maximum atomic E-state index is 14.8. The lowest BCUT2D eigenvalue weighted by Gasteiger charge is -2.35. The third-order valence-corrected chi connectivity index (χ3v) is 8.16. The van der Waals surface area contributed by atoms with E-state index in [1.54, 1.807) is 30.3 Å². The van der Waals surface area contributed by atoms with Gasteiger partial charge in [-0.1, -0.05) is 90.5 Å². The molecule has 1 aliphatic rings. The van der Waals surface area contributed by atoms with Crippen LogP contribution in [0.25, 0.3) is 11.1 Å². The number of hydrogen-bond donors (Lipinski definition) is 3. The van der Waals surface area contributed by atoms with Gasteiger partial charge < -0.3 is 15.1 Å². The van der Waals surface area contributed by atoms with Crippen molar-refractivity contribution < 1.29 is 15.0 Å². The van der Waals surface area contributed by atoms with E-state index in [0.29, 0.717) is 18.0 Å². The highest BCUT2D eigenvalue weighted by Gasteiger charge is 2.44. The van der Waals surface area contributed by atoms with Crippen LogP contribution in [0.2, 0.25) is 5.02 Å². The van der Waals surface area contributed by atoms with Gasteiger partial charge >= 0.3 is 0 Å². The van der Waals surface area contributed by atoms with Gasteiger partial charge in [0.2, 0.25) is 5.91 Å². The Morgan fingerprint density at radius 2 is 1.45 bits per heavy atom. The fraction of sp³-hybridized carbons (Fsp3) is 0.139. The van der Waals surface area contributed by atoms with Crippen molar-refractivity contribution in [2.45, 2.75) is 31.5 Å². The first-order valence-corrected chi connectivity index (χ1v) is 14.3. The Morgan fingerprint density at radius 3 is 2.17 bits per heavy atom. The highest BCUT2D eigenvalue weighted by atomic mass is 35.5. The number of fused-ring (bicyclic) bond motifs is 1. The summed E-state index contributed by atoms with van der Waals surface area (Å²) in [6.45, 7) is 2.27. The molecule has 1 aliphatic heterocycles. The Morgan fingerprint density at radius 1 is 0.810 bits per heavy atom. The molecule has 6 heteroatoms. The standard InChI is InChI=1S/C36H31ClN2O3/c1-36(22-27-9-5-6-10-31(27)25-7-3-2-4-8-25)35(42)39(23-24-11-16-29(40)17-12-24)33-20-15-28(37)21-32(33)34(38-36)26-13-18-30(41)19-14-26/h2-21,34,38,40-41H,22-23H2,1H3. The van der Waals surface area contributed by atoms with E-state index in [0.717, 1.165) is 39.1 Å². The van der Waals surface area contributed by atoms with E-state index in [1.165, 1.54) is 0 Å². The molecule has 0 aromatic heterocycles. The topological polar surface area (TPSA) is 72.8 Å². The number of benzene rings is 5. The van der Waals surface area contributed by atoms with Gasteiger partial charge in [-0.15, -0.1) is 0 Å². The smallest absolute Gasteiger partial charge is 0.247 e. The largest absolute Gasteiger partial charge is 0.508 e. The minimum atomic E-state index is -1.03. The predicted octanol–water partition coefficient (Wildman–Crippen LogP) is 7.65. The monoisotopic (exact) mass is 574 g/mol. The summed E-state index contributed by atoms with van der Waals surface area (Å²) in [5.41, 5.74) is 5.58. The summed E-state index contributed by atoms with van der Waals surface area (Å²) >= 11 is 6.56. The summed E-state index contributed by atoms with van der Waals surface area (Å²) in [5.74, 6) is 0.260. The second kappa shape index (κ2) is 11.4. The zero-order valence-electron chi connectivity index (χ0n) is 23.2. The van der Waals surface area contributed by atoms with E-state index in [1.807, 2.05) is 78.6 Å². The molecule has 6 rings (SSSR count). The molecule has 0 fully saturated rings. The highest BCUT2D eigenvalue weighted by Crippen LogP contribution is 2.41. The number of phenols is 2. The molecule has 1 amide bonds. The molecule has 5 aromatic rings. The first-order chi connectivity index (χ1) is 20.3. The van der Waals surface area contributed by atoms with E-state index in [-0.39, 0.29) is 23.4 Å². The van der Waals surface area contributed by atoms with Gasteiger partial charge in [-0.25, -0.2) is 0 Å². The van der Waals surface area contributed by atoms with Crippen molar-refractivity contribution in [1.82, 2.24) is 5.32 Å². The van der Waals surface area contributed by atoms with Gasteiger partial charge in [-0.05, 0) is 89.2 Å². The van der Waals surface area contributed by atoms with Gasteiger partial charge in [0.05, 0.1) is 12.6 Å². The van der Waals surface area contributed by atoms with Crippen LogP contribution < -0.4 is 10.2 Å². The lowest BCUT2D eigenvalue weighted by Crippen LogP contribution is -2.56. The molecule has 3 N–H and O–H groups in total. The van der Waals surface area contributed by atoms with Crippen LogP contribution in [0.5, 0.6) is 11.5 Å². The number of aromatic hydroxyl groups is 2. The van der Waals surface area contributed by atoms with Gasteiger partial charge in [-0.2, -0.15) is 0 Å². The van der Waals surface area contributed by atoms with Crippen LogP contribution in [-0.2, 0) is 17.8 Å². The summed E-state index contributed by atoms with van der Waals surface area (Å²) in [4.78, 5) is 16.6. The quantitative estimate of drug-likeness (QED) is 0.195. The van der Waals surface area contributed by atoms with Crippen LogP contribution in [0.1, 0.15) is 35.2 Å². The molecule has 1 heterocycles. The second-order valence-corrected chi connectivity index (χ2v) is 11.4. The van der Waals surface area contributed by atoms with Crippen molar-refractivity contribution in [2.24, 2.45) is 0 Å². The molecule has 0 spiro atoms. The Labute approximate surface area is 250 Å². The fourth-order valence-corrected chi connectivity index (χ4v) is 6.00. The molecule has 2 atom stereocenters. The molecule has 5 aromatic carbocycles. The average molecular weight is 575 g/mol. The lowest BCUT2D eigenvalue weighted by atomic mass is 9.86. The molecule has 0 bridgehead atoms. The number of halogens is 1. The number of hydrogen-bond acceptors (Lipinski definition) is 4. The minimum absolute atomic E-state index is 0.0803. The zero-order chi connectivity index (χ0) is 29.3. The number of amides is 1. The van der Waals surface area contributed by atoms with Crippen LogP contribution >= 0.6 is 11.6 Å². The van der Waals surface area contributed by atoms with E-state index >= 15 is 0 Å². The summed E-state index contributed by atoms with van der Waals surface area (Å²) < 4.78 is 0. The van der Waals surface area contributed by atoms with Crippen LogP contribution in [-0.4, -0.2) is 21.7 Å². The van der Waals surface area contributed by atoms with Crippen molar-refractivity contribution >= 4 is 23.2 Å². The van der Waals surface area contributed by atoms with Crippen molar-refractivity contribution in [1.29, 1.82) is 0 Å². The predicted molar refractivity (Wildman–Crippen MR) is 168 cm³/mol. The molecule has 2 unspecified atom stereocenters. The number of carbonyl (C=O) groups excluding carboxylic acids is 1. The van der Waals surface area contributed by atoms with Crippen LogP contribution in [0.3, 0.4) is 0 Å². The highest BCUT2D eigenvalue weighted by molar-refractivity contribution is 6.30. The maximum Gasteiger partial charge on any atom is 0.247 e. The molecule has 42 heavy (non-hydrogen) atoms. The molecule has 0 radical (unpaired) electrons. The Hall–Kier alpha value is -4.58. The molecular formula is C36H31ClN2O3. The number of rotatable bonds is 6. The Kier molecular flexibility index (Phi) is 7.46. The first-order valence-electron chi connectivity index (χ1n) is 13.9. The van der Waals surface area contributed by atoms with Crippen LogP contribution in [0.15, 0.2) is 121 Å². The minimum Gasteiger partial charge on any atom is -0.508 e. The van der Waals surface area contributed by atoms with Crippen LogP contribution in [0.4, 0.5) is 5.69 Å². The van der Waals surface area contributed by atoms with Crippen LogP contribution in [0, 0.1) is 0 Å². The SMILES string of the molecule is CC1(Cc2ccccc2-c2ccccc2)NC(c2ccc(O)cc2)c2cc(Cl)ccc2N(Cc2ccc(O)cc2)C1=O. The molecule has 210 valence electrons. The van der Waals surface area contributed by atoms with Gasteiger partial charge in [0.1, 0.15) is 17.0 Å². The van der Waals surface area contributed by atoms with E-state index in [4.69, 9.17) is 11.6 Å². The van der Waals surface area contributed by atoms with Crippen molar-refractivity contribution in [3.8, 4) is 22.6 Å². The van der Waals surface area contributed by atoms with E-state index in [9.17, 15) is 15.0 Å². The average Bonchev–Trinajstić information content (AvgIpc) is 3.08. The zero-order valence-corrected chi connectivity index (χ0v) is 23.9. The molecule has 0 aliphatic carbocycles. The summed E-state index contributed by atoms with van der Waals surface area (Å²) in [7, 11) is 0. The van der Waals surface area contributed by atoms with Gasteiger partial charge in [-0.3, -0.25) is 10.1 Å². The van der Waals surface area contributed by atoms with Crippen molar-refractivity contribution in [3.63, 3.8) is 0 Å². The van der Waals surface area contributed by atoms with E-state index in [2.05, 4.69) is 29.6 Å². The first kappa shape index (κ1) is 27.6.